The van der Waals surface area contributed by atoms with Gasteiger partial charge < -0.3 is 19.7 Å². The Kier molecular flexibility index (Phi) is 5.09. The highest BCUT2D eigenvalue weighted by Gasteiger charge is 2.22. The number of hydrogen-bond donors (Lipinski definition) is 1. The molecule has 0 saturated heterocycles. The molecule has 0 bridgehead atoms. The summed E-state index contributed by atoms with van der Waals surface area (Å²) in [5.41, 5.74) is 1.68. The second-order valence-electron chi connectivity index (χ2n) is 4.50. The Hall–Kier alpha value is -1.92. The van der Waals surface area contributed by atoms with Crippen LogP contribution in [0, 0.1) is 0 Å². The van der Waals surface area contributed by atoms with Crippen LogP contribution in [-0.2, 0) is 25.6 Å². The molecule has 1 aromatic rings. The standard InChI is InChI=1S/C14H18N2O4/c1-19-6-7-20-10-14(18)16-8-11-4-2-3-5-12(11)15-13(17)9-16/h2-5H,6-10H2,1H3,(H,15,17). The minimum absolute atomic E-state index is 0.0428. The fraction of sp³-hybridized carbons (Fsp3) is 0.429. The van der Waals surface area contributed by atoms with E-state index in [9.17, 15) is 9.59 Å². The predicted molar refractivity (Wildman–Crippen MR) is 73.2 cm³/mol. The van der Waals surface area contributed by atoms with Gasteiger partial charge >= 0.3 is 0 Å². The van der Waals surface area contributed by atoms with Gasteiger partial charge in [-0.15, -0.1) is 0 Å². The normalized spacial score (nSPS) is 14.4. The van der Waals surface area contributed by atoms with Crippen LogP contribution in [0.25, 0.3) is 0 Å². The molecule has 0 saturated carbocycles. The van der Waals surface area contributed by atoms with E-state index in [1.165, 1.54) is 4.90 Å². The number of ether oxygens (including phenoxy) is 2. The lowest BCUT2D eigenvalue weighted by molar-refractivity contribution is -0.139. The number of hydrogen-bond acceptors (Lipinski definition) is 4. The van der Waals surface area contributed by atoms with Gasteiger partial charge in [-0.25, -0.2) is 0 Å². The molecule has 1 aliphatic rings. The Labute approximate surface area is 117 Å². The van der Waals surface area contributed by atoms with Gasteiger partial charge in [-0.2, -0.15) is 0 Å². The largest absolute Gasteiger partial charge is 0.382 e. The number of nitrogens with zero attached hydrogens (tertiary/aromatic N) is 1. The molecule has 20 heavy (non-hydrogen) atoms. The van der Waals surface area contributed by atoms with Crippen molar-refractivity contribution < 1.29 is 19.1 Å². The molecule has 0 spiro atoms. The van der Waals surface area contributed by atoms with E-state index in [0.29, 0.717) is 19.8 Å². The molecule has 0 radical (unpaired) electrons. The number of methoxy groups -OCH3 is 1. The van der Waals surface area contributed by atoms with Gasteiger partial charge in [0.15, 0.2) is 0 Å². The first kappa shape index (κ1) is 14.5. The molecule has 1 N–H and O–H groups in total. The van der Waals surface area contributed by atoms with E-state index in [-0.39, 0.29) is 25.0 Å². The molecule has 108 valence electrons. The predicted octanol–water partition coefficient (Wildman–Crippen LogP) is 0.630. The number of anilines is 1. The zero-order valence-electron chi connectivity index (χ0n) is 11.4. The molecule has 0 atom stereocenters. The molecule has 6 nitrogen and oxygen atoms in total. The van der Waals surface area contributed by atoms with Crippen LogP contribution in [-0.4, -0.2) is 50.2 Å². The zero-order valence-corrected chi connectivity index (χ0v) is 11.4. The molecule has 2 amide bonds. The quantitative estimate of drug-likeness (QED) is 0.802. The third-order valence-corrected chi connectivity index (χ3v) is 3.00. The highest BCUT2D eigenvalue weighted by molar-refractivity contribution is 5.96. The number of fused-ring (bicyclic) bond motifs is 1. The van der Waals surface area contributed by atoms with Crippen molar-refractivity contribution >= 4 is 17.5 Å². The van der Waals surface area contributed by atoms with Gasteiger partial charge in [0, 0.05) is 19.3 Å². The van der Waals surface area contributed by atoms with Crippen LogP contribution in [0.1, 0.15) is 5.56 Å². The fourth-order valence-electron chi connectivity index (χ4n) is 1.97. The minimum Gasteiger partial charge on any atom is -0.382 e. The van der Waals surface area contributed by atoms with Crippen LogP contribution in [0.5, 0.6) is 0 Å². The number of carbonyl (C=O) groups is 2. The van der Waals surface area contributed by atoms with Crippen LogP contribution < -0.4 is 5.32 Å². The fourth-order valence-corrected chi connectivity index (χ4v) is 1.97. The molecule has 0 fully saturated rings. The van der Waals surface area contributed by atoms with Gasteiger partial charge in [0.25, 0.3) is 0 Å². The Morgan fingerprint density at radius 1 is 1.30 bits per heavy atom. The molecule has 1 aliphatic heterocycles. The number of benzene rings is 1. The summed E-state index contributed by atoms with van der Waals surface area (Å²) in [6.45, 7) is 1.21. The van der Waals surface area contributed by atoms with Gasteiger partial charge in [-0.05, 0) is 11.6 Å². The van der Waals surface area contributed by atoms with Crippen molar-refractivity contribution in [1.29, 1.82) is 0 Å². The summed E-state index contributed by atoms with van der Waals surface area (Å²) in [6.07, 6.45) is 0. The first-order valence-corrected chi connectivity index (χ1v) is 6.43. The molecule has 1 aromatic carbocycles. The Bertz CT molecular complexity index is 490. The van der Waals surface area contributed by atoms with Crippen molar-refractivity contribution in [2.45, 2.75) is 6.54 Å². The van der Waals surface area contributed by atoms with Gasteiger partial charge in [0.05, 0.1) is 13.2 Å². The van der Waals surface area contributed by atoms with Crippen molar-refractivity contribution in [2.24, 2.45) is 0 Å². The number of rotatable bonds is 5. The highest BCUT2D eigenvalue weighted by atomic mass is 16.5. The van der Waals surface area contributed by atoms with E-state index in [4.69, 9.17) is 9.47 Å². The lowest BCUT2D eigenvalue weighted by Gasteiger charge is -2.19. The topological polar surface area (TPSA) is 67.9 Å². The first-order valence-electron chi connectivity index (χ1n) is 6.43. The van der Waals surface area contributed by atoms with Crippen LogP contribution in [0.2, 0.25) is 0 Å². The third kappa shape index (κ3) is 3.79. The van der Waals surface area contributed by atoms with Gasteiger partial charge in [0.1, 0.15) is 13.2 Å². The monoisotopic (exact) mass is 278 g/mol. The SMILES string of the molecule is COCCOCC(=O)N1CC(=O)Nc2ccccc2C1. The van der Waals surface area contributed by atoms with E-state index >= 15 is 0 Å². The number of nitrogens with one attached hydrogen (secondary N) is 1. The van der Waals surface area contributed by atoms with E-state index in [2.05, 4.69) is 5.32 Å². The van der Waals surface area contributed by atoms with Crippen molar-refractivity contribution in [3.05, 3.63) is 29.8 Å². The van der Waals surface area contributed by atoms with E-state index < -0.39 is 0 Å². The van der Waals surface area contributed by atoms with Gasteiger partial charge in [0.2, 0.25) is 11.8 Å². The molecular formula is C14H18N2O4. The highest BCUT2D eigenvalue weighted by Crippen LogP contribution is 2.20. The number of amides is 2. The van der Waals surface area contributed by atoms with Gasteiger partial charge in [-0.1, -0.05) is 18.2 Å². The first-order chi connectivity index (χ1) is 9.70. The molecule has 0 aliphatic carbocycles. The molecule has 2 rings (SSSR count). The van der Waals surface area contributed by atoms with E-state index in [1.54, 1.807) is 7.11 Å². The maximum absolute atomic E-state index is 12.0. The van der Waals surface area contributed by atoms with Crippen LogP contribution in [0.15, 0.2) is 24.3 Å². The van der Waals surface area contributed by atoms with Crippen LogP contribution >= 0.6 is 0 Å². The van der Waals surface area contributed by atoms with Gasteiger partial charge in [-0.3, -0.25) is 9.59 Å². The molecule has 0 aromatic heterocycles. The Morgan fingerprint density at radius 3 is 2.90 bits per heavy atom. The summed E-state index contributed by atoms with van der Waals surface area (Å²) >= 11 is 0. The molecular weight excluding hydrogens is 260 g/mol. The summed E-state index contributed by atoms with van der Waals surface area (Å²) in [6, 6.07) is 7.46. The van der Waals surface area contributed by atoms with Crippen molar-refractivity contribution in [3.8, 4) is 0 Å². The molecule has 1 heterocycles. The van der Waals surface area contributed by atoms with E-state index in [1.807, 2.05) is 24.3 Å². The molecule has 6 heteroatoms. The Balaban J connectivity index is 1.98. The van der Waals surface area contributed by atoms with Crippen molar-refractivity contribution in [1.82, 2.24) is 4.90 Å². The lowest BCUT2D eigenvalue weighted by atomic mass is 10.2. The summed E-state index contributed by atoms with van der Waals surface area (Å²) in [5.74, 6) is -0.395. The van der Waals surface area contributed by atoms with Crippen molar-refractivity contribution in [3.63, 3.8) is 0 Å². The van der Waals surface area contributed by atoms with E-state index in [0.717, 1.165) is 11.3 Å². The summed E-state index contributed by atoms with van der Waals surface area (Å²) in [4.78, 5) is 25.3. The second-order valence-corrected chi connectivity index (χ2v) is 4.50. The zero-order chi connectivity index (χ0) is 14.4. The number of carbonyl (C=O) groups excluding carboxylic acids is 2. The summed E-state index contributed by atoms with van der Waals surface area (Å²) < 4.78 is 10.0. The maximum Gasteiger partial charge on any atom is 0.249 e. The maximum atomic E-state index is 12.0. The third-order valence-electron chi connectivity index (χ3n) is 3.00. The Morgan fingerprint density at radius 2 is 2.10 bits per heavy atom. The van der Waals surface area contributed by atoms with Crippen LogP contribution in [0.3, 0.4) is 0 Å². The lowest BCUT2D eigenvalue weighted by Crippen LogP contribution is -2.37. The summed E-state index contributed by atoms with van der Waals surface area (Å²) in [5, 5.41) is 2.79. The number of para-hydroxylation sites is 1. The smallest absolute Gasteiger partial charge is 0.249 e. The average Bonchev–Trinajstić information content (AvgIpc) is 2.61. The summed E-state index contributed by atoms with van der Waals surface area (Å²) in [7, 11) is 1.57. The van der Waals surface area contributed by atoms with Crippen molar-refractivity contribution in [2.75, 3.05) is 38.8 Å². The minimum atomic E-state index is -0.201. The van der Waals surface area contributed by atoms with Crippen LogP contribution in [0.4, 0.5) is 5.69 Å². The second kappa shape index (κ2) is 7.02. The average molecular weight is 278 g/mol. The molecule has 0 unspecified atom stereocenters.